The van der Waals surface area contributed by atoms with Gasteiger partial charge >= 0.3 is 0 Å². The topological polar surface area (TPSA) is 64.8 Å². The van der Waals surface area contributed by atoms with Crippen molar-refractivity contribution in [2.75, 3.05) is 6.26 Å². The van der Waals surface area contributed by atoms with Crippen molar-refractivity contribution in [2.24, 2.45) is 7.05 Å². The van der Waals surface area contributed by atoms with Crippen LogP contribution in [0.4, 0.5) is 0 Å². The molecule has 1 heterocycles. The molecule has 0 N–H and O–H groups in total. The van der Waals surface area contributed by atoms with E-state index in [1.54, 1.807) is 7.05 Å². The Morgan fingerprint density at radius 2 is 1.92 bits per heavy atom. The molecule has 0 radical (unpaired) electrons. The summed E-state index contributed by atoms with van der Waals surface area (Å²) >= 11 is 0. The normalized spacial score (nSPS) is 10.3. The van der Waals surface area contributed by atoms with Crippen LogP contribution in [0.3, 0.4) is 0 Å². The molecule has 0 aromatic carbocycles. The molecule has 0 atom stereocenters. The molecule has 0 aliphatic heterocycles. The highest BCUT2D eigenvalue weighted by atomic mass is 32.2. The van der Waals surface area contributed by atoms with Crippen LogP contribution < -0.4 is 0 Å². The number of hydrogen-bond acceptors (Lipinski definition) is 4. The van der Waals surface area contributed by atoms with E-state index in [0.29, 0.717) is 0 Å². The lowest BCUT2D eigenvalue weighted by Crippen LogP contribution is -2.04. The Balaban J connectivity index is 0.000000561. The highest BCUT2D eigenvalue weighted by Gasteiger charge is 2.12. The van der Waals surface area contributed by atoms with Gasteiger partial charge in [0.25, 0.3) is 0 Å². The SMILES string of the molecule is CC.Cn1cnnc1S(C)(=O)=O. The molecule has 6 heteroatoms. The van der Waals surface area contributed by atoms with Gasteiger partial charge in [-0.1, -0.05) is 13.8 Å². The van der Waals surface area contributed by atoms with E-state index in [9.17, 15) is 8.42 Å². The summed E-state index contributed by atoms with van der Waals surface area (Å²) in [6, 6.07) is 0. The molecular formula is C6H13N3O2S. The molecule has 0 bridgehead atoms. The molecule has 0 aliphatic rings. The maximum absolute atomic E-state index is 10.8. The molecule has 0 spiro atoms. The van der Waals surface area contributed by atoms with Crippen molar-refractivity contribution < 1.29 is 8.42 Å². The summed E-state index contributed by atoms with van der Waals surface area (Å²) in [7, 11) is -1.62. The first kappa shape index (κ1) is 11.1. The largest absolute Gasteiger partial charge is 0.308 e. The monoisotopic (exact) mass is 191 g/mol. The lowest BCUT2D eigenvalue weighted by atomic mass is 11.0. The Morgan fingerprint density at radius 3 is 2.08 bits per heavy atom. The van der Waals surface area contributed by atoms with Crippen LogP contribution >= 0.6 is 0 Å². The van der Waals surface area contributed by atoms with Crippen LogP contribution in [0.25, 0.3) is 0 Å². The first-order chi connectivity index (χ1) is 5.52. The molecule has 0 amide bonds. The van der Waals surface area contributed by atoms with Gasteiger partial charge in [-0.25, -0.2) is 8.42 Å². The second kappa shape index (κ2) is 4.20. The Labute approximate surface area is 72.3 Å². The zero-order valence-electron chi connectivity index (χ0n) is 7.64. The van der Waals surface area contributed by atoms with Crippen molar-refractivity contribution in [3.63, 3.8) is 0 Å². The number of aryl methyl sites for hydroxylation is 1. The van der Waals surface area contributed by atoms with Gasteiger partial charge in [-0.3, -0.25) is 0 Å². The van der Waals surface area contributed by atoms with Crippen LogP contribution in [0, 0.1) is 0 Å². The van der Waals surface area contributed by atoms with E-state index in [4.69, 9.17) is 0 Å². The lowest BCUT2D eigenvalue weighted by Gasteiger charge is -1.93. The van der Waals surface area contributed by atoms with Gasteiger partial charge in [0, 0.05) is 13.3 Å². The highest BCUT2D eigenvalue weighted by molar-refractivity contribution is 7.90. The zero-order chi connectivity index (χ0) is 9.78. The predicted molar refractivity (Wildman–Crippen MR) is 45.5 cm³/mol. The van der Waals surface area contributed by atoms with Gasteiger partial charge in [0.2, 0.25) is 15.0 Å². The van der Waals surface area contributed by atoms with E-state index in [0.717, 1.165) is 6.26 Å². The number of aromatic nitrogens is 3. The van der Waals surface area contributed by atoms with Crippen molar-refractivity contribution in [3.05, 3.63) is 6.33 Å². The number of rotatable bonds is 1. The molecule has 70 valence electrons. The fraction of sp³-hybridized carbons (Fsp3) is 0.667. The maximum atomic E-state index is 10.8. The third-order valence-corrected chi connectivity index (χ3v) is 2.03. The Bertz CT molecular complexity index is 328. The third-order valence-electron chi connectivity index (χ3n) is 1.00. The predicted octanol–water partition coefficient (Wildman–Crippen LogP) is 0.245. The highest BCUT2D eigenvalue weighted by Crippen LogP contribution is 1.99. The van der Waals surface area contributed by atoms with Crippen LogP contribution in [0.15, 0.2) is 11.5 Å². The summed E-state index contributed by atoms with van der Waals surface area (Å²) in [6.07, 6.45) is 2.44. The van der Waals surface area contributed by atoms with Crippen molar-refractivity contribution in [3.8, 4) is 0 Å². The Kier molecular flexibility index (Phi) is 3.88. The summed E-state index contributed by atoms with van der Waals surface area (Å²) in [5, 5.41) is 6.83. The van der Waals surface area contributed by atoms with Crippen LogP contribution in [-0.2, 0) is 16.9 Å². The van der Waals surface area contributed by atoms with E-state index >= 15 is 0 Å². The van der Waals surface area contributed by atoms with Crippen LogP contribution in [0.5, 0.6) is 0 Å². The third kappa shape index (κ3) is 2.61. The quantitative estimate of drug-likeness (QED) is 0.638. The molecule has 1 rings (SSSR count). The summed E-state index contributed by atoms with van der Waals surface area (Å²) < 4.78 is 22.9. The fourth-order valence-corrected chi connectivity index (χ4v) is 1.37. The van der Waals surface area contributed by atoms with E-state index in [-0.39, 0.29) is 5.16 Å². The van der Waals surface area contributed by atoms with Crippen LogP contribution in [0.1, 0.15) is 13.8 Å². The fourth-order valence-electron chi connectivity index (χ4n) is 0.608. The minimum Gasteiger partial charge on any atom is -0.308 e. The molecular weight excluding hydrogens is 178 g/mol. The van der Waals surface area contributed by atoms with Gasteiger partial charge in [0.05, 0.1) is 0 Å². The molecule has 12 heavy (non-hydrogen) atoms. The summed E-state index contributed by atoms with van der Waals surface area (Å²) in [5.41, 5.74) is 0. The zero-order valence-corrected chi connectivity index (χ0v) is 8.46. The summed E-state index contributed by atoms with van der Waals surface area (Å²) in [6.45, 7) is 4.00. The molecule has 0 unspecified atom stereocenters. The molecule has 0 saturated heterocycles. The van der Waals surface area contributed by atoms with Crippen molar-refractivity contribution >= 4 is 9.84 Å². The van der Waals surface area contributed by atoms with E-state index in [2.05, 4.69) is 10.2 Å². The molecule has 5 nitrogen and oxygen atoms in total. The molecule has 1 aromatic heterocycles. The number of hydrogen-bond donors (Lipinski definition) is 0. The van der Waals surface area contributed by atoms with E-state index < -0.39 is 9.84 Å². The standard InChI is InChI=1S/C4H7N3O2S.C2H6/c1-7-3-5-6-4(7)10(2,8)9;1-2/h3H,1-2H3;1-2H3. The van der Waals surface area contributed by atoms with Gasteiger partial charge in [0.1, 0.15) is 6.33 Å². The molecule has 0 aliphatic carbocycles. The Morgan fingerprint density at radius 1 is 1.42 bits per heavy atom. The average molecular weight is 191 g/mol. The molecule has 0 saturated carbocycles. The smallest absolute Gasteiger partial charge is 0.248 e. The second-order valence-corrected chi connectivity index (χ2v) is 3.91. The Hall–Kier alpha value is -0.910. The summed E-state index contributed by atoms with van der Waals surface area (Å²) in [4.78, 5) is 0. The van der Waals surface area contributed by atoms with Gasteiger partial charge < -0.3 is 4.57 Å². The first-order valence-electron chi connectivity index (χ1n) is 3.56. The lowest BCUT2D eigenvalue weighted by molar-refractivity contribution is 0.584. The van der Waals surface area contributed by atoms with Crippen molar-refractivity contribution in [2.45, 2.75) is 19.0 Å². The minimum atomic E-state index is -3.20. The molecule has 1 aromatic rings. The number of nitrogens with zero attached hydrogens (tertiary/aromatic N) is 3. The van der Waals surface area contributed by atoms with E-state index in [1.165, 1.54) is 10.9 Å². The minimum absolute atomic E-state index is 0.00694. The van der Waals surface area contributed by atoms with Gasteiger partial charge in [-0.05, 0) is 0 Å². The average Bonchev–Trinajstić information content (AvgIpc) is 2.38. The van der Waals surface area contributed by atoms with Crippen LogP contribution in [0.2, 0.25) is 0 Å². The molecule has 0 fully saturated rings. The van der Waals surface area contributed by atoms with Crippen molar-refractivity contribution in [1.29, 1.82) is 0 Å². The van der Waals surface area contributed by atoms with Gasteiger partial charge in [0.15, 0.2) is 0 Å². The number of sulfone groups is 1. The van der Waals surface area contributed by atoms with E-state index in [1.807, 2.05) is 13.8 Å². The first-order valence-corrected chi connectivity index (χ1v) is 5.45. The van der Waals surface area contributed by atoms with Crippen LogP contribution in [-0.4, -0.2) is 29.4 Å². The second-order valence-electron chi connectivity index (χ2n) is 2.00. The van der Waals surface area contributed by atoms with Crippen molar-refractivity contribution in [1.82, 2.24) is 14.8 Å². The summed E-state index contributed by atoms with van der Waals surface area (Å²) in [5.74, 6) is 0. The maximum Gasteiger partial charge on any atom is 0.248 e. The van der Waals surface area contributed by atoms with Gasteiger partial charge in [-0.2, -0.15) is 0 Å². The van der Waals surface area contributed by atoms with Gasteiger partial charge in [-0.15, -0.1) is 10.2 Å².